The zero-order valence-electron chi connectivity index (χ0n) is 16.0. The Hall–Kier alpha value is -3.19. The number of aryl methyl sites for hydroxylation is 1. The predicted octanol–water partition coefficient (Wildman–Crippen LogP) is 4.35. The van der Waals surface area contributed by atoms with Crippen LogP contribution in [-0.2, 0) is 24.2 Å². The van der Waals surface area contributed by atoms with Crippen molar-refractivity contribution < 1.29 is 19.8 Å². The van der Waals surface area contributed by atoms with Crippen LogP contribution in [0.2, 0.25) is 0 Å². The van der Waals surface area contributed by atoms with Crippen LogP contribution >= 0.6 is 11.3 Å². The molecule has 29 heavy (non-hydrogen) atoms. The maximum absolute atomic E-state index is 11.8. The van der Waals surface area contributed by atoms with Crippen molar-refractivity contribution in [2.75, 3.05) is 0 Å². The smallest absolute Gasteiger partial charge is 0.335 e. The third-order valence-corrected chi connectivity index (χ3v) is 5.40. The molecule has 1 aromatic carbocycles. The number of nitrogens with zero attached hydrogens (tertiary/aromatic N) is 2. The monoisotopic (exact) mass is 410 g/mol. The Bertz CT molecular complexity index is 1020. The number of aromatic nitrogens is 2. The lowest BCUT2D eigenvalue weighted by atomic mass is 10.1. The van der Waals surface area contributed by atoms with E-state index in [-0.39, 0.29) is 5.56 Å². The summed E-state index contributed by atoms with van der Waals surface area (Å²) in [6.45, 7) is 2.56. The first-order valence-corrected chi connectivity index (χ1v) is 10.2. The maximum atomic E-state index is 11.8. The summed E-state index contributed by atoms with van der Waals surface area (Å²) in [7, 11) is 0. The molecule has 7 heteroatoms. The zero-order valence-corrected chi connectivity index (χ0v) is 16.9. The number of rotatable bonds is 9. The summed E-state index contributed by atoms with van der Waals surface area (Å²) in [5.74, 6) is -1.04. The van der Waals surface area contributed by atoms with Crippen molar-refractivity contribution in [2.24, 2.45) is 0 Å². The number of hydrogen-bond acceptors (Lipinski definition) is 4. The van der Waals surface area contributed by atoms with Gasteiger partial charge < -0.3 is 14.8 Å². The summed E-state index contributed by atoms with van der Waals surface area (Å²) >= 11 is 1.53. The van der Waals surface area contributed by atoms with Crippen molar-refractivity contribution in [1.82, 2.24) is 9.55 Å². The van der Waals surface area contributed by atoms with E-state index in [4.69, 9.17) is 5.11 Å². The molecular weight excluding hydrogens is 388 g/mol. The van der Waals surface area contributed by atoms with E-state index in [0.717, 1.165) is 34.8 Å². The van der Waals surface area contributed by atoms with Crippen LogP contribution in [0.25, 0.3) is 6.08 Å². The van der Waals surface area contributed by atoms with Gasteiger partial charge in [-0.25, -0.2) is 14.6 Å². The van der Waals surface area contributed by atoms with E-state index in [1.165, 1.54) is 11.3 Å². The van der Waals surface area contributed by atoms with Gasteiger partial charge in [-0.05, 0) is 41.6 Å². The maximum Gasteiger partial charge on any atom is 0.335 e. The molecule has 0 saturated carbocycles. The highest BCUT2D eigenvalue weighted by Crippen LogP contribution is 2.19. The summed E-state index contributed by atoms with van der Waals surface area (Å²) < 4.78 is 2.00. The normalized spacial score (nSPS) is 11.6. The van der Waals surface area contributed by atoms with Gasteiger partial charge in [0, 0.05) is 29.8 Å². The molecule has 0 atom stereocenters. The van der Waals surface area contributed by atoms with Gasteiger partial charge in [-0.15, -0.1) is 11.3 Å². The van der Waals surface area contributed by atoms with Crippen LogP contribution in [-0.4, -0.2) is 31.7 Å². The highest BCUT2D eigenvalue weighted by molar-refractivity contribution is 7.09. The second-order valence-corrected chi connectivity index (χ2v) is 7.70. The van der Waals surface area contributed by atoms with Crippen molar-refractivity contribution in [3.63, 3.8) is 0 Å². The molecule has 0 amide bonds. The Labute approximate surface area is 172 Å². The van der Waals surface area contributed by atoms with Crippen LogP contribution < -0.4 is 0 Å². The predicted molar refractivity (Wildman–Crippen MR) is 112 cm³/mol. The van der Waals surface area contributed by atoms with Gasteiger partial charge in [0.15, 0.2) is 0 Å². The van der Waals surface area contributed by atoms with Gasteiger partial charge in [-0.1, -0.05) is 25.1 Å². The molecule has 0 aliphatic heterocycles. The van der Waals surface area contributed by atoms with Crippen molar-refractivity contribution in [3.05, 3.63) is 81.1 Å². The third kappa shape index (κ3) is 5.20. The van der Waals surface area contributed by atoms with Gasteiger partial charge in [-0.2, -0.15) is 0 Å². The van der Waals surface area contributed by atoms with E-state index in [9.17, 15) is 14.7 Å². The topological polar surface area (TPSA) is 92.4 Å². The lowest BCUT2D eigenvalue weighted by molar-refractivity contribution is -0.132. The Kier molecular flexibility index (Phi) is 6.61. The molecule has 0 unspecified atom stereocenters. The summed E-state index contributed by atoms with van der Waals surface area (Å²) in [4.78, 5) is 28.3. The molecule has 150 valence electrons. The average molecular weight is 410 g/mol. The Morgan fingerprint density at radius 2 is 1.93 bits per heavy atom. The lowest BCUT2D eigenvalue weighted by Crippen LogP contribution is -2.09. The molecule has 3 aromatic rings. The zero-order chi connectivity index (χ0) is 20.8. The average Bonchev–Trinajstić information content (AvgIpc) is 3.33. The van der Waals surface area contributed by atoms with Crippen LogP contribution in [0.1, 0.15) is 45.7 Å². The standard InChI is InChI=1S/C22H22N2O4S/c1-2-4-20-23-13-18(11-17(22(27)28)12-19-5-3-10-29-19)24(20)14-15-6-8-16(9-7-15)21(25)26/h3,5-11,13H,2,4,12,14H2,1H3,(H,25,26)(H,27,28)/b17-11+. The molecule has 2 N–H and O–H groups in total. The fraction of sp³-hybridized carbons (Fsp3) is 0.227. The van der Waals surface area contributed by atoms with Gasteiger partial charge in [-0.3, -0.25) is 0 Å². The molecule has 6 nitrogen and oxygen atoms in total. The molecule has 0 radical (unpaired) electrons. The highest BCUT2D eigenvalue weighted by Gasteiger charge is 2.14. The number of hydrogen-bond donors (Lipinski definition) is 2. The summed E-state index contributed by atoms with van der Waals surface area (Å²) in [6.07, 6.45) is 5.43. The largest absolute Gasteiger partial charge is 0.478 e. The van der Waals surface area contributed by atoms with E-state index in [1.54, 1.807) is 36.5 Å². The van der Waals surface area contributed by atoms with Gasteiger partial charge >= 0.3 is 11.9 Å². The van der Waals surface area contributed by atoms with Crippen LogP contribution in [0.4, 0.5) is 0 Å². The number of carbonyl (C=O) groups is 2. The van der Waals surface area contributed by atoms with Gasteiger partial charge in [0.1, 0.15) is 5.82 Å². The van der Waals surface area contributed by atoms with Crippen LogP contribution in [0.15, 0.2) is 53.5 Å². The van der Waals surface area contributed by atoms with Gasteiger partial charge in [0.25, 0.3) is 0 Å². The van der Waals surface area contributed by atoms with Crippen LogP contribution in [0, 0.1) is 0 Å². The van der Waals surface area contributed by atoms with Crippen LogP contribution in [0.3, 0.4) is 0 Å². The second kappa shape index (κ2) is 9.34. The van der Waals surface area contributed by atoms with Gasteiger partial charge in [0.2, 0.25) is 0 Å². The number of carboxylic acids is 2. The summed E-state index contributed by atoms with van der Waals surface area (Å²) in [6, 6.07) is 10.5. The quantitative estimate of drug-likeness (QED) is 0.512. The first kappa shape index (κ1) is 20.5. The minimum absolute atomic E-state index is 0.234. The van der Waals surface area contributed by atoms with Gasteiger partial charge in [0.05, 0.1) is 17.5 Å². The Morgan fingerprint density at radius 3 is 2.52 bits per heavy atom. The SMILES string of the molecule is CCCc1ncc(/C=C(\Cc2cccs2)C(=O)O)n1Cc1ccc(C(=O)O)cc1. The number of imidazole rings is 1. The first-order chi connectivity index (χ1) is 14.0. The van der Waals surface area contributed by atoms with Crippen LogP contribution in [0.5, 0.6) is 0 Å². The van der Waals surface area contributed by atoms with E-state index in [0.29, 0.717) is 18.5 Å². The summed E-state index contributed by atoms with van der Waals surface area (Å²) in [5.41, 5.74) is 2.19. The Balaban J connectivity index is 1.94. The van der Waals surface area contributed by atoms with Crippen molar-refractivity contribution in [2.45, 2.75) is 32.7 Å². The lowest BCUT2D eigenvalue weighted by Gasteiger charge is -2.11. The third-order valence-electron chi connectivity index (χ3n) is 4.53. The molecule has 0 saturated heterocycles. The molecule has 0 fully saturated rings. The highest BCUT2D eigenvalue weighted by atomic mass is 32.1. The minimum Gasteiger partial charge on any atom is -0.478 e. The second-order valence-electron chi connectivity index (χ2n) is 6.67. The number of carboxylic acid groups (broad SMARTS) is 2. The van der Waals surface area contributed by atoms with Crippen molar-refractivity contribution in [3.8, 4) is 0 Å². The molecule has 2 aromatic heterocycles. The van der Waals surface area contributed by atoms with E-state index in [2.05, 4.69) is 11.9 Å². The van der Waals surface area contributed by atoms with Crippen molar-refractivity contribution in [1.29, 1.82) is 0 Å². The number of benzene rings is 1. The van der Waals surface area contributed by atoms with E-state index >= 15 is 0 Å². The summed E-state index contributed by atoms with van der Waals surface area (Å²) in [5, 5.41) is 20.7. The Morgan fingerprint density at radius 1 is 1.17 bits per heavy atom. The molecular formula is C22H22N2O4S. The first-order valence-electron chi connectivity index (χ1n) is 9.30. The van der Waals surface area contributed by atoms with Crippen molar-refractivity contribution >= 4 is 29.4 Å². The molecule has 2 heterocycles. The molecule has 0 aliphatic rings. The fourth-order valence-electron chi connectivity index (χ4n) is 3.05. The number of aliphatic carboxylic acids is 1. The number of aromatic carboxylic acids is 1. The molecule has 0 spiro atoms. The fourth-order valence-corrected chi connectivity index (χ4v) is 3.78. The van der Waals surface area contributed by atoms with E-state index in [1.807, 2.05) is 22.1 Å². The minimum atomic E-state index is -0.964. The number of thiophene rings is 1. The molecule has 3 rings (SSSR count). The molecule has 0 bridgehead atoms. The van der Waals surface area contributed by atoms with E-state index < -0.39 is 11.9 Å². The molecule has 0 aliphatic carbocycles.